The Morgan fingerprint density at radius 3 is 2.89 bits per heavy atom. The number of nitrogens with one attached hydrogen (secondary N) is 1. The quantitative estimate of drug-likeness (QED) is 0.691. The highest BCUT2D eigenvalue weighted by molar-refractivity contribution is 7.09. The minimum Gasteiger partial charge on any atom is -0.356 e. The number of hydrogen-bond donors (Lipinski definition) is 1. The molecule has 2 bridgehead atoms. The van der Waals surface area contributed by atoms with Gasteiger partial charge in [0.25, 0.3) is 11.8 Å². The molecule has 1 N–H and O–H groups in total. The van der Waals surface area contributed by atoms with E-state index in [0.717, 1.165) is 48.5 Å². The Labute approximate surface area is 215 Å². The van der Waals surface area contributed by atoms with Crippen LogP contribution in [0.25, 0.3) is 0 Å². The van der Waals surface area contributed by atoms with E-state index in [1.54, 1.807) is 4.90 Å². The highest BCUT2D eigenvalue weighted by Gasteiger charge is 2.67. The third-order valence-electron chi connectivity index (χ3n) is 8.35. The molecule has 9 heteroatoms. The van der Waals surface area contributed by atoms with E-state index in [-0.39, 0.29) is 23.8 Å². The molecule has 4 aliphatic heterocycles. The fourth-order valence-corrected chi connectivity index (χ4v) is 7.70. The second-order valence-electron chi connectivity index (χ2n) is 10.3. The third kappa shape index (κ3) is 3.50. The van der Waals surface area contributed by atoms with Crippen LogP contribution in [0, 0.1) is 5.92 Å². The van der Waals surface area contributed by atoms with E-state index in [0.29, 0.717) is 44.7 Å². The van der Waals surface area contributed by atoms with Gasteiger partial charge in [-0.2, -0.15) is 0 Å². The number of anilines is 1. The molecule has 1 aromatic heterocycles. The summed E-state index contributed by atoms with van der Waals surface area (Å²) >= 11 is 1.53. The number of benzene rings is 1. The zero-order chi connectivity index (χ0) is 24.9. The van der Waals surface area contributed by atoms with Crippen LogP contribution in [0.4, 0.5) is 5.69 Å². The van der Waals surface area contributed by atoms with Gasteiger partial charge < -0.3 is 15.1 Å². The van der Waals surface area contributed by atoms with Crippen LogP contribution in [0.1, 0.15) is 60.1 Å². The Morgan fingerprint density at radius 1 is 1.17 bits per heavy atom. The van der Waals surface area contributed by atoms with Crippen molar-refractivity contribution in [1.29, 1.82) is 0 Å². The van der Waals surface area contributed by atoms with Gasteiger partial charge in [0.2, 0.25) is 5.91 Å². The molecule has 3 saturated heterocycles. The Bertz CT molecular complexity index is 1200. The van der Waals surface area contributed by atoms with Gasteiger partial charge in [-0.1, -0.05) is 25.1 Å². The van der Waals surface area contributed by atoms with Crippen molar-refractivity contribution in [2.45, 2.75) is 57.0 Å². The average molecular weight is 508 g/mol. The SMILES string of the molecule is CCCc1nc(C(=O)N2CCCNC(=O)[C@@H]3C[C@@H]4CCCN4[C@@]34C(=O)N(CC2)c2ccccc24)cs1. The molecule has 6 rings (SSSR count). The number of carbonyl (C=O) groups is 3. The van der Waals surface area contributed by atoms with Crippen molar-refractivity contribution in [3.63, 3.8) is 0 Å². The molecule has 2 aromatic rings. The van der Waals surface area contributed by atoms with Crippen molar-refractivity contribution in [3.8, 4) is 0 Å². The van der Waals surface area contributed by atoms with Crippen molar-refractivity contribution >= 4 is 34.7 Å². The fourth-order valence-electron chi connectivity index (χ4n) is 6.82. The van der Waals surface area contributed by atoms with E-state index < -0.39 is 11.5 Å². The van der Waals surface area contributed by atoms with Gasteiger partial charge in [-0.3, -0.25) is 19.3 Å². The molecule has 1 aromatic carbocycles. The molecule has 190 valence electrons. The van der Waals surface area contributed by atoms with Crippen molar-refractivity contribution in [3.05, 3.63) is 45.9 Å². The van der Waals surface area contributed by atoms with Crippen LogP contribution < -0.4 is 10.2 Å². The van der Waals surface area contributed by atoms with Crippen LogP contribution in [-0.2, 0) is 21.5 Å². The maximum atomic E-state index is 14.4. The van der Waals surface area contributed by atoms with Crippen LogP contribution in [0.3, 0.4) is 0 Å². The van der Waals surface area contributed by atoms with Crippen LogP contribution in [0.15, 0.2) is 29.6 Å². The van der Waals surface area contributed by atoms with E-state index in [1.165, 1.54) is 11.3 Å². The monoisotopic (exact) mass is 507 g/mol. The lowest BCUT2D eigenvalue weighted by atomic mass is 9.78. The Balaban J connectivity index is 1.36. The van der Waals surface area contributed by atoms with Gasteiger partial charge in [0.05, 0.1) is 10.9 Å². The topological polar surface area (TPSA) is 85.9 Å². The number of amides is 3. The lowest BCUT2D eigenvalue weighted by molar-refractivity contribution is -0.139. The highest BCUT2D eigenvalue weighted by Crippen LogP contribution is 2.57. The minimum absolute atomic E-state index is 0.0138. The Morgan fingerprint density at radius 2 is 2.03 bits per heavy atom. The highest BCUT2D eigenvalue weighted by atomic mass is 32.1. The van der Waals surface area contributed by atoms with Crippen molar-refractivity contribution in [2.75, 3.05) is 37.6 Å². The molecule has 5 heterocycles. The lowest BCUT2D eigenvalue weighted by Gasteiger charge is -2.37. The molecular weight excluding hydrogens is 474 g/mol. The van der Waals surface area contributed by atoms with E-state index in [1.807, 2.05) is 34.5 Å². The number of aryl methyl sites for hydroxylation is 1. The fraction of sp³-hybridized carbons (Fsp3) is 0.556. The number of aromatic nitrogens is 1. The summed E-state index contributed by atoms with van der Waals surface area (Å²) in [6.07, 6.45) is 5.31. The molecule has 36 heavy (non-hydrogen) atoms. The van der Waals surface area contributed by atoms with Crippen molar-refractivity contribution in [1.82, 2.24) is 20.1 Å². The molecule has 3 amide bonds. The maximum Gasteiger partial charge on any atom is 0.273 e. The van der Waals surface area contributed by atoms with Gasteiger partial charge in [0.15, 0.2) is 0 Å². The summed E-state index contributed by atoms with van der Waals surface area (Å²) in [7, 11) is 0. The number of fused-ring (bicyclic) bond motifs is 4. The van der Waals surface area contributed by atoms with Gasteiger partial charge in [0.1, 0.15) is 11.2 Å². The van der Waals surface area contributed by atoms with E-state index in [4.69, 9.17) is 0 Å². The first-order valence-electron chi connectivity index (χ1n) is 13.2. The molecule has 4 aliphatic rings. The Kier molecular flexibility index (Phi) is 6.08. The molecule has 0 saturated carbocycles. The minimum atomic E-state index is -0.945. The summed E-state index contributed by atoms with van der Waals surface area (Å²) in [5, 5.41) is 5.94. The molecule has 3 atom stereocenters. The number of nitrogens with zero attached hydrogens (tertiary/aromatic N) is 4. The summed E-state index contributed by atoms with van der Waals surface area (Å²) < 4.78 is 0. The van der Waals surface area contributed by atoms with Gasteiger partial charge in [0, 0.05) is 48.9 Å². The van der Waals surface area contributed by atoms with Crippen molar-refractivity contribution in [2.24, 2.45) is 5.92 Å². The predicted molar refractivity (Wildman–Crippen MR) is 138 cm³/mol. The number of thiazole rings is 1. The van der Waals surface area contributed by atoms with Crippen LogP contribution in [-0.4, -0.2) is 71.3 Å². The molecule has 8 nitrogen and oxygen atoms in total. The maximum absolute atomic E-state index is 14.4. The first-order valence-corrected chi connectivity index (χ1v) is 14.1. The summed E-state index contributed by atoms with van der Waals surface area (Å²) in [6.45, 7) is 4.76. The first-order chi connectivity index (χ1) is 17.6. The second-order valence-corrected chi connectivity index (χ2v) is 11.3. The predicted octanol–water partition coefficient (Wildman–Crippen LogP) is 2.78. The molecular formula is C27H33N5O3S. The molecule has 0 radical (unpaired) electrons. The molecule has 3 fully saturated rings. The van der Waals surface area contributed by atoms with Crippen LogP contribution >= 0.6 is 11.3 Å². The van der Waals surface area contributed by atoms with Gasteiger partial charge in [-0.25, -0.2) is 4.98 Å². The first kappa shape index (κ1) is 23.6. The third-order valence-corrected chi connectivity index (χ3v) is 9.26. The molecule has 1 spiro atoms. The Hall–Kier alpha value is -2.78. The van der Waals surface area contributed by atoms with Gasteiger partial charge >= 0.3 is 0 Å². The normalized spacial score (nSPS) is 28.2. The van der Waals surface area contributed by atoms with Gasteiger partial charge in [-0.15, -0.1) is 11.3 Å². The summed E-state index contributed by atoms with van der Waals surface area (Å²) in [5.74, 6) is -0.563. The number of para-hydroxylation sites is 1. The van der Waals surface area contributed by atoms with E-state index in [9.17, 15) is 14.4 Å². The zero-order valence-corrected chi connectivity index (χ0v) is 21.6. The summed E-state index contributed by atoms with van der Waals surface area (Å²) in [6, 6.07) is 8.20. The lowest BCUT2D eigenvalue weighted by Crippen LogP contribution is -2.57. The van der Waals surface area contributed by atoms with E-state index in [2.05, 4.69) is 22.1 Å². The van der Waals surface area contributed by atoms with Crippen LogP contribution in [0.2, 0.25) is 0 Å². The van der Waals surface area contributed by atoms with Crippen LogP contribution in [0.5, 0.6) is 0 Å². The zero-order valence-electron chi connectivity index (χ0n) is 20.7. The average Bonchev–Trinajstić information content (AvgIpc) is 3.64. The van der Waals surface area contributed by atoms with E-state index >= 15 is 0 Å². The molecule has 0 unspecified atom stereocenters. The number of carbonyl (C=O) groups excluding carboxylic acids is 3. The largest absolute Gasteiger partial charge is 0.356 e. The van der Waals surface area contributed by atoms with Gasteiger partial charge in [-0.05, 0) is 51.1 Å². The summed E-state index contributed by atoms with van der Waals surface area (Å²) in [5.41, 5.74) is 1.35. The smallest absolute Gasteiger partial charge is 0.273 e. The number of rotatable bonds is 3. The van der Waals surface area contributed by atoms with Crippen molar-refractivity contribution < 1.29 is 14.4 Å². The second kappa shape index (κ2) is 9.27. The standard InChI is InChI=1S/C27H33N5O3S/c1-2-7-23-29-21(17-36-23)25(34)30-12-6-11-28-24(33)20-16-18-8-5-13-32(18)27(20)19-9-3-4-10-22(19)31(15-14-30)26(27)35/h3-4,9-10,17-18,20H,2,5-8,11-16H2,1H3,(H,28,33)/t18-,20-,27+/m0/s1. The summed E-state index contributed by atoms with van der Waals surface area (Å²) in [4.78, 5) is 51.9. The number of hydrogen-bond acceptors (Lipinski definition) is 6. The molecule has 0 aliphatic carbocycles.